The van der Waals surface area contributed by atoms with Crippen LogP contribution in [0.4, 0.5) is 0 Å². The highest BCUT2D eigenvalue weighted by Gasteiger charge is 2.57. The SMILES string of the molecule is CC(=O)O[C@@H]1CC(=O)C(C)(C)/C=C/[C@H](C)C(=O)[C@]2(O)C[C@H](C)[C@H](OC(=O)c3ccccc3)[C@@H]2/C=C\1C. The van der Waals surface area contributed by atoms with Crippen molar-refractivity contribution in [1.82, 2.24) is 0 Å². The topological polar surface area (TPSA) is 107 Å². The summed E-state index contributed by atoms with van der Waals surface area (Å²) in [6, 6.07) is 8.52. The maximum Gasteiger partial charge on any atom is 0.338 e. The Hall–Kier alpha value is -3.06. The van der Waals surface area contributed by atoms with Crippen molar-refractivity contribution in [1.29, 1.82) is 0 Å². The lowest BCUT2D eigenvalue weighted by molar-refractivity contribution is -0.147. The van der Waals surface area contributed by atoms with Gasteiger partial charge in [0.15, 0.2) is 5.78 Å². The molecule has 0 amide bonds. The third-order valence-corrected chi connectivity index (χ3v) is 7.34. The zero-order valence-corrected chi connectivity index (χ0v) is 21.8. The van der Waals surface area contributed by atoms with Gasteiger partial charge < -0.3 is 14.6 Å². The fourth-order valence-corrected chi connectivity index (χ4v) is 5.10. The Labute approximate surface area is 212 Å². The van der Waals surface area contributed by atoms with E-state index < -0.39 is 52.8 Å². The van der Waals surface area contributed by atoms with Crippen LogP contribution in [0.1, 0.15) is 64.7 Å². The molecule has 7 heteroatoms. The summed E-state index contributed by atoms with van der Waals surface area (Å²) in [5, 5.41) is 11.8. The molecule has 1 aromatic carbocycles. The minimum Gasteiger partial charge on any atom is -0.458 e. The normalized spacial score (nSPS) is 34.9. The fourth-order valence-electron chi connectivity index (χ4n) is 5.10. The molecular weight excluding hydrogens is 460 g/mol. The molecule has 0 saturated heterocycles. The number of esters is 2. The number of rotatable bonds is 3. The van der Waals surface area contributed by atoms with Crippen molar-refractivity contribution in [2.75, 3.05) is 0 Å². The second-order valence-electron chi connectivity index (χ2n) is 10.7. The Morgan fingerprint density at radius 1 is 1.06 bits per heavy atom. The van der Waals surface area contributed by atoms with Crippen LogP contribution in [0.5, 0.6) is 0 Å². The molecule has 7 nitrogen and oxygen atoms in total. The van der Waals surface area contributed by atoms with Gasteiger partial charge in [-0.15, -0.1) is 0 Å². The van der Waals surface area contributed by atoms with Crippen LogP contribution >= 0.6 is 0 Å². The predicted octanol–water partition coefficient (Wildman–Crippen LogP) is 4.24. The molecule has 1 N–H and O–H groups in total. The first kappa shape index (κ1) is 27.5. The number of ketones is 2. The van der Waals surface area contributed by atoms with Crippen molar-refractivity contribution >= 4 is 23.5 Å². The highest BCUT2D eigenvalue weighted by atomic mass is 16.5. The molecule has 0 bridgehead atoms. The zero-order valence-electron chi connectivity index (χ0n) is 21.8. The highest BCUT2D eigenvalue weighted by Crippen LogP contribution is 2.46. The van der Waals surface area contributed by atoms with Crippen LogP contribution in [0.2, 0.25) is 0 Å². The quantitative estimate of drug-likeness (QED) is 0.493. The number of hydrogen-bond acceptors (Lipinski definition) is 7. The minimum atomic E-state index is -1.81. The molecule has 6 atom stereocenters. The molecule has 3 rings (SSSR count). The van der Waals surface area contributed by atoms with Gasteiger partial charge >= 0.3 is 11.9 Å². The number of aliphatic hydroxyl groups is 1. The molecule has 0 unspecified atom stereocenters. The Kier molecular flexibility index (Phi) is 8.04. The van der Waals surface area contributed by atoms with E-state index in [-0.39, 0.29) is 24.5 Å². The number of fused-ring (bicyclic) bond motifs is 1. The molecule has 2 aliphatic carbocycles. The number of Topliss-reactive ketones (excluding diaryl/α,β-unsaturated/α-hetero) is 2. The van der Waals surface area contributed by atoms with Gasteiger partial charge in [-0.3, -0.25) is 14.4 Å². The van der Waals surface area contributed by atoms with Crippen molar-refractivity contribution in [2.24, 2.45) is 23.2 Å². The van der Waals surface area contributed by atoms with E-state index in [0.717, 1.165) is 0 Å². The summed E-state index contributed by atoms with van der Waals surface area (Å²) >= 11 is 0. The van der Waals surface area contributed by atoms with Crippen LogP contribution in [-0.2, 0) is 23.9 Å². The van der Waals surface area contributed by atoms with Crippen molar-refractivity contribution < 1.29 is 33.8 Å². The standard InChI is InChI=1S/C29H36O7/c1-17-12-13-28(5,6)24(31)15-23(35-20(4)30)18(2)14-22-25(19(3)16-29(22,34)26(17)32)36-27(33)21-10-8-7-9-11-21/h7-14,17,19,22-23,25,34H,15-16H2,1-6H3/b13-12+,18-14-/t17-,19-,22-,23+,25-,29-/m0/s1. The highest BCUT2D eigenvalue weighted by molar-refractivity contribution is 5.93. The van der Waals surface area contributed by atoms with Gasteiger partial charge in [0.2, 0.25) is 0 Å². The molecule has 36 heavy (non-hydrogen) atoms. The molecule has 0 spiro atoms. The molecule has 0 radical (unpaired) electrons. The van der Waals surface area contributed by atoms with Crippen molar-refractivity contribution in [3.05, 3.63) is 59.7 Å². The number of carbonyl (C=O) groups excluding carboxylic acids is 4. The van der Waals surface area contributed by atoms with Crippen molar-refractivity contribution in [2.45, 2.75) is 72.2 Å². The van der Waals surface area contributed by atoms with E-state index in [9.17, 15) is 24.3 Å². The van der Waals surface area contributed by atoms with Crippen LogP contribution in [-0.4, -0.2) is 46.4 Å². The lowest BCUT2D eigenvalue weighted by Crippen LogP contribution is -2.47. The molecule has 1 aromatic rings. The third kappa shape index (κ3) is 5.67. The fraction of sp³-hybridized carbons (Fsp3) is 0.517. The van der Waals surface area contributed by atoms with E-state index >= 15 is 0 Å². The maximum absolute atomic E-state index is 13.6. The average Bonchev–Trinajstić information content (AvgIpc) is 3.05. The Morgan fingerprint density at radius 2 is 1.69 bits per heavy atom. The summed E-state index contributed by atoms with van der Waals surface area (Å²) in [6.07, 6.45) is 3.33. The van der Waals surface area contributed by atoms with Gasteiger partial charge in [0, 0.05) is 24.7 Å². The predicted molar refractivity (Wildman–Crippen MR) is 134 cm³/mol. The molecule has 1 fully saturated rings. The molecule has 2 aliphatic rings. The maximum atomic E-state index is 13.6. The lowest BCUT2D eigenvalue weighted by atomic mass is 9.77. The summed E-state index contributed by atoms with van der Waals surface area (Å²) in [4.78, 5) is 51.5. The minimum absolute atomic E-state index is 0.0588. The molecule has 0 aliphatic heterocycles. The average molecular weight is 497 g/mol. The number of hydrogen-bond donors (Lipinski definition) is 1. The number of allylic oxidation sites excluding steroid dienone is 2. The number of benzene rings is 1. The third-order valence-electron chi connectivity index (χ3n) is 7.34. The largest absolute Gasteiger partial charge is 0.458 e. The Bertz CT molecular complexity index is 1080. The second kappa shape index (κ2) is 10.5. The smallest absolute Gasteiger partial charge is 0.338 e. The first-order valence-corrected chi connectivity index (χ1v) is 12.4. The van der Waals surface area contributed by atoms with E-state index in [4.69, 9.17) is 9.47 Å². The van der Waals surface area contributed by atoms with Gasteiger partial charge in [-0.05, 0) is 50.8 Å². The van der Waals surface area contributed by atoms with E-state index in [0.29, 0.717) is 11.1 Å². The summed E-state index contributed by atoms with van der Waals surface area (Å²) in [5.41, 5.74) is -1.83. The second-order valence-corrected chi connectivity index (χ2v) is 10.7. The monoisotopic (exact) mass is 496 g/mol. The summed E-state index contributed by atoms with van der Waals surface area (Å²) in [5.74, 6) is -3.55. The molecule has 0 aromatic heterocycles. The van der Waals surface area contributed by atoms with E-state index in [2.05, 4.69) is 0 Å². The van der Waals surface area contributed by atoms with Crippen molar-refractivity contribution in [3.8, 4) is 0 Å². The first-order valence-electron chi connectivity index (χ1n) is 12.4. The van der Waals surface area contributed by atoms with E-state index in [1.807, 2.05) is 6.92 Å². The molecule has 1 saturated carbocycles. The molecule has 194 valence electrons. The van der Waals surface area contributed by atoms with Crippen LogP contribution in [0, 0.1) is 23.2 Å². The molecular formula is C29H36O7. The van der Waals surface area contributed by atoms with Gasteiger partial charge in [-0.25, -0.2) is 4.79 Å². The lowest BCUT2D eigenvalue weighted by Gasteiger charge is -2.33. The van der Waals surface area contributed by atoms with E-state index in [1.54, 1.807) is 76.3 Å². The Balaban J connectivity index is 2.10. The van der Waals surface area contributed by atoms with Gasteiger partial charge in [0.1, 0.15) is 23.6 Å². The van der Waals surface area contributed by atoms with Gasteiger partial charge in [0.05, 0.1) is 11.5 Å². The number of carbonyl (C=O) groups is 4. The summed E-state index contributed by atoms with van der Waals surface area (Å²) in [7, 11) is 0. The summed E-state index contributed by atoms with van der Waals surface area (Å²) in [6.45, 7) is 9.97. The molecule has 0 heterocycles. The number of ether oxygens (including phenoxy) is 2. The van der Waals surface area contributed by atoms with Gasteiger partial charge in [-0.1, -0.05) is 50.3 Å². The van der Waals surface area contributed by atoms with E-state index in [1.165, 1.54) is 6.92 Å². The van der Waals surface area contributed by atoms with Crippen LogP contribution in [0.25, 0.3) is 0 Å². The van der Waals surface area contributed by atoms with Gasteiger partial charge in [-0.2, -0.15) is 0 Å². The van der Waals surface area contributed by atoms with Crippen molar-refractivity contribution in [3.63, 3.8) is 0 Å². The van der Waals surface area contributed by atoms with Gasteiger partial charge in [0.25, 0.3) is 0 Å². The van der Waals surface area contributed by atoms with Crippen LogP contribution in [0.15, 0.2) is 54.1 Å². The first-order chi connectivity index (χ1) is 16.8. The Morgan fingerprint density at radius 3 is 2.31 bits per heavy atom. The zero-order chi connectivity index (χ0) is 26.8. The van der Waals surface area contributed by atoms with Crippen LogP contribution < -0.4 is 0 Å². The van der Waals surface area contributed by atoms with Crippen LogP contribution in [0.3, 0.4) is 0 Å². The summed E-state index contributed by atoms with van der Waals surface area (Å²) < 4.78 is 11.4.